The van der Waals surface area contributed by atoms with Crippen molar-refractivity contribution in [2.75, 3.05) is 6.26 Å². The molecule has 68 valence electrons. The molecular weight excluding hydrogens is 180 g/mol. The molecular formula is C10H12N2S. The summed E-state index contributed by atoms with van der Waals surface area (Å²) in [7, 11) is 0. The van der Waals surface area contributed by atoms with E-state index in [9.17, 15) is 0 Å². The maximum atomic E-state index is 4.29. The minimum atomic E-state index is 0.514. The van der Waals surface area contributed by atoms with E-state index in [1.54, 1.807) is 0 Å². The lowest BCUT2D eigenvalue weighted by Gasteiger charge is -2.04. The van der Waals surface area contributed by atoms with E-state index in [0.29, 0.717) is 5.25 Å². The van der Waals surface area contributed by atoms with Gasteiger partial charge in [-0.15, -0.1) is 0 Å². The first-order valence-corrected chi connectivity index (χ1v) is 5.57. The number of aromatic nitrogens is 2. The quantitative estimate of drug-likeness (QED) is 0.728. The first-order valence-electron chi connectivity index (χ1n) is 4.28. The van der Waals surface area contributed by atoms with Gasteiger partial charge in [0.05, 0.1) is 11.7 Å². The molecule has 0 radical (unpaired) electrons. The van der Waals surface area contributed by atoms with Gasteiger partial charge in [0.15, 0.2) is 0 Å². The van der Waals surface area contributed by atoms with Gasteiger partial charge in [0, 0.05) is 17.0 Å². The summed E-state index contributed by atoms with van der Waals surface area (Å²) in [6.07, 6.45) is 6.06. The van der Waals surface area contributed by atoms with Gasteiger partial charge in [-0.05, 0) is 25.3 Å². The second kappa shape index (κ2) is 3.42. The van der Waals surface area contributed by atoms with Crippen molar-refractivity contribution in [3.05, 3.63) is 36.2 Å². The van der Waals surface area contributed by atoms with Crippen LogP contribution in [0.1, 0.15) is 17.7 Å². The summed E-state index contributed by atoms with van der Waals surface area (Å²) < 4.78 is 1.92. The Morgan fingerprint density at radius 2 is 2.31 bits per heavy atom. The molecule has 2 heterocycles. The van der Waals surface area contributed by atoms with E-state index in [2.05, 4.69) is 24.3 Å². The first kappa shape index (κ1) is 8.63. The monoisotopic (exact) mass is 192 g/mol. The second-order valence-electron chi connectivity index (χ2n) is 3.01. The van der Waals surface area contributed by atoms with Crippen molar-refractivity contribution < 1.29 is 0 Å². The van der Waals surface area contributed by atoms with Gasteiger partial charge in [-0.3, -0.25) is 0 Å². The van der Waals surface area contributed by atoms with Crippen LogP contribution in [-0.2, 0) is 0 Å². The zero-order valence-electron chi connectivity index (χ0n) is 7.77. The lowest BCUT2D eigenvalue weighted by Crippen LogP contribution is -1.87. The zero-order valence-corrected chi connectivity index (χ0v) is 8.58. The van der Waals surface area contributed by atoms with Crippen molar-refractivity contribution in [2.24, 2.45) is 0 Å². The number of nitrogens with zero attached hydrogens (tertiary/aromatic N) is 2. The number of rotatable bonds is 2. The first-order chi connectivity index (χ1) is 6.33. The maximum absolute atomic E-state index is 4.29. The Kier molecular flexibility index (Phi) is 2.27. The standard InChI is InChI=1S/C10H12N2S/c1-8(13-2)9-7-11-12-6-4-3-5-10(9)12/h3-8H,1-2H3. The molecule has 0 bridgehead atoms. The van der Waals surface area contributed by atoms with Crippen LogP contribution in [0, 0.1) is 0 Å². The molecule has 0 fully saturated rings. The average molecular weight is 192 g/mol. The Balaban J connectivity index is 2.57. The molecule has 2 aromatic rings. The summed E-state index contributed by atoms with van der Waals surface area (Å²) in [4.78, 5) is 0. The molecule has 0 spiro atoms. The highest BCUT2D eigenvalue weighted by Crippen LogP contribution is 2.28. The SMILES string of the molecule is CSC(C)c1cnn2ccccc12. The van der Waals surface area contributed by atoms with Crippen LogP contribution < -0.4 is 0 Å². The van der Waals surface area contributed by atoms with Crippen molar-refractivity contribution in [1.82, 2.24) is 9.61 Å². The molecule has 1 atom stereocenters. The van der Waals surface area contributed by atoms with E-state index in [1.807, 2.05) is 40.8 Å². The molecule has 0 saturated heterocycles. The van der Waals surface area contributed by atoms with E-state index in [0.717, 1.165) is 0 Å². The van der Waals surface area contributed by atoms with Crippen LogP contribution in [0.2, 0.25) is 0 Å². The van der Waals surface area contributed by atoms with Gasteiger partial charge in [-0.2, -0.15) is 16.9 Å². The molecule has 2 aromatic heterocycles. The number of hydrogen-bond donors (Lipinski definition) is 0. The predicted molar refractivity (Wildman–Crippen MR) is 57.1 cm³/mol. The van der Waals surface area contributed by atoms with Crippen molar-refractivity contribution in [3.8, 4) is 0 Å². The van der Waals surface area contributed by atoms with Gasteiger partial charge < -0.3 is 0 Å². The minimum Gasteiger partial charge on any atom is -0.241 e. The molecule has 0 aliphatic carbocycles. The van der Waals surface area contributed by atoms with Crippen molar-refractivity contribution in [2.45, 2.75) is 12.2 Å². The Bertz CT molecular complexity index is 408. The van der Waals surface area contributed by atoms with Crippen LogP contribution in [0.25, 0.3) is 5.52 Å². The molecule has 13 heavy (non-hydrogen) atoms. The third-order valence-corrected chi connectivity index (χ3v) is 3.21. The zero-order chi connectivity index (χ0) is 9.26. The molecule has 0 N–H and O–H groups in total. The Morgan fingerprint density at radius 1 is 1.46 bits per heavy atom. The van der Waals surface area contributed by atoms with Crippen LogP contribution >= 0.6 is 11.8 Å². The Morgan fingerprint density at radius 3 is 3.08 bits per heavy atom. The largest absolute Gasteiger partial charge is 0.241 e. The molecule has 0 aromatic carbocycles. The maximum Gasteiger partial charge on any atom is 0.0704 e. The van der Waals surface area contributed by atoms with E-state index in [1.165, 1.54) is 11.1 Å². The fraction of sp³-hybridized carbons (Fsp3) is 0.300. The van der Waals surface area contributed by atoms with E-state index < -0.39 is 0 Å². The molecule has 0 aliphatic heterocycles. The van der Waals surface area contributed by atoms with Gasteiger partial charge in [0.2, 0.25) is 0 Å². The van der Waals surface area contributed by atoms with E-state index in [-0.39, 0.29) is 0 Å². The van der Waals surface area contributed by atoms with Gasteiger partial charge in [0.25, 0.3) is 0 Å². The molecule has 0 saturated carbocycles. The number of thioether (sulfide) groups is 1. The summed E-state index contributed by atoms with van der Waals surface area (Å²) in [6.45, 7) is 2.20. The highest BCUT2D eigenvalue weighted by molar-refractivity contribution is 7.98. The number of hydrogen-bond acceptors (Lipinski definition) is 2. The molecule has 2 nitrogen and oxygen atoms in total. The van der Waals surface area contributed by atoms with Crippen LogP contribution in [0.15, 0.2) is 30.6 Å². The molecule has 0 amide bonds. The van der Waals surface area contributed by atoms with Crippen molar-refractivity contribution in [3.63, 3.8) is 0 Å². The van der Waals surface area contributed by atoms with Gasteiger partial charge in [-0.25, -0.2) is 4.52 Å². The van der Waals surface area contributed by atoms with Crippen molar-refractivity contribution in [1.29, 1.82) is 0 Å². The van der Waals surface area contributed by atoms with E-state index in [4.69, 9.17) is 0 Å². The van der Waals surface area contributed by atoms with Crippen LogP contribution in [0.4, 0.5) is 0 Å². The lowest BCUT2D eigenvalue weighted by atomic mass is 10.2. The van der Waals surface area contributed by atoms with Crippen LogP contribution in [-0.4, -0.2) is 15.9 Å². The lowest BCUT2D eigenvalue weighted by molar-refractivity contribution is 0.961. The molecule has 2 rings (SSSR count). The molecule has 3 heteroatoms. The third-order valence-electron chi connectivity index (χ3n) is 2.25. The van der Waals surface area contributed by atoms with Crippen LogP contribution in [0.3, 0.4) is 0 Å². The fourth-order valence-corrected chi connectivity index (χ4v) is 1.83. The summed E-state index contributed by atoms with van der Waals surface area (Å²) in [5.41, 5.74) is 2.53. The highest BCUT2D eigenvalue weighted by atomic mass is 32.2. The summed E-state index contributed by atoms with van der Waals surface area (Å²) in [5.74, 6) is 0. The average Bonchev–Trinajstić information content (AvgIpc) is 2.60. The fourth-order valence-electron chi connectivity index (χ4n) is 1.39. The smallest absolute Gasteiger partial charge is 0.0704 e. The third kappa shape index (κ3) is 1.44. The minimum absolute atomic E-state index is 0.514. The topological polar surface area (TPSA) is 17.3 Å². The van der Waals surface area contributed by atoms with Crippen LogP contribution in [0.5, 0.6) is 0 Å². The van der Waals surface area contributed by atoms with Gasteiger partial charge in [-0.1, -0.05) is 6.07 Å². The number of pyridine rings is 1. The normalized spacial score (nSPS) is 13.4. The van der Waals surface area contributed by atoms with E-state index >= 15 is 0 Å². The highest BCUT2D eigenvalue weighted by Gasteiger charge is 2.09. The number of fused-ring (bicyclic) bond motifs is 1. The molecule has 1 unspecified atom stereocenters. The predicted octanol–water partition coefficient (Wildman–Crippen LogP) is 2.76. The van der Waals surface area contributed by atoms with Crippen molar-refractivity contribution >= 4 is 17.3 Å². The summed E-state index contributed by atoms with van der Waals surface area (Å²) in [6, 6.07) is 6.15. The van der Waals surface area contributed by atoms with Gasteiger partial charge in [0.1, 0.15) is 0 Å². The Labute approximate surface area is 82.0 Å². The Hall–Kier alpha value is -0.960. The molecule has 0 aliphatic rings. The summed E-state index contributed by atoms with van der Waals surface area (Å²) >= 11 is 1.84. The van der Waals surface area contributed by atoms with Gasteiger partial charge >= 0.3 is 0 Å². The second-order valence-corrected chi connectivity index (χ2v) is 4.19. The summed E-state index contributed by atoms with van der Waals surface area (Å²) in [5, 5.41) is 4.80.